The summed E-state index contributed by atoms with van der Waals surface area (Å²) in [7, 11) is 0. The molecule has 1 unspecified atom stereocenters. The zero-order valence-electron chi connectivity index (χ0n) is 7.54. The molecule has 0 radical (unpaired) electrons. The molecule has 0 heterocycles. The minimum absolute atomic E-state index is 0.100. The number of hydrogen-bond donors (Lipinski definition) is 1. The molecule has 70 valence electrons. The molecule has 0 saturated carbocycles. The van der Waals surface area contributed by atoms with Crippen molar-refractivity contribution in [2.24, 2.45) is 0 Å². The summed E-state index contributed by atoms with van der Waals surface area (Å²) in [6.07, 6.45) is -1.13. The molecule has 0 saturated heterocycles. The molecule has 0 aliphatic carbocycles. The van der Waals surface area contributed by atoms with Crippen molar-refractivity contribution in [3.05, 3.63) is 29.3 Å². The smallest absolute Gasteiger partial charge is 0.163 e. The number of rotatable bonds is 2. The first-order chi connectivity index (χ1) is 6.02. The van der Waals surface area contributed by atoms with Crippen LogP contribution in [0.5, 0.6) is 5.75 Å². The largest absolute Gasteiger partial charge is 0.507 e. The maximum Gasteiger partial charge on any atom is 0.163 e. The first kappa shape index (κ1) is 9.71. The molecular weight excluding hydrogens is 171 g/mol. The van der Waals surface area contributed by atoms with Gasteiger partial charge in [0, 0.05) is 0 Å². The Hall–Kier alpha value is -1.38. The average molecular weight is 182 g/mol. The number of alkyl halides is 1. The van der Waals surface area contributed by atoms with Crippen LogP contribution < -0.4 is 0 Å². The van der Waals surface area contributed by atoms with Crippen LogP contribution in [0.4, 0.5) is 4.39 Å². The van der Waals surface area contributed by atoms with Gasteiger partial charge in [-0.15, -0.1) is 0 Å². The maximum absolute atomic E-state index is 12.8. The van der Waals surface area contributed by atoms with Crippen LogP contribution in [-0.4, -0.2) is 10.9 Å². The molecule has 2 nitrogen and oxygen atoms in total. The van der Waals surface area contributed by atoms with E-state index in [1.54, 1.807) is 0 Å². The Bertz CT molecular complexity index is 332. The lowest BCUT2D eigenvalue weighted by Gasteiger charge is -2.05. The Kier molecular flexibility index (Phi) is 2.66. The molecular formula is C10H11FO2. The van der Waals surface area contributed by atoms with Crippen LogP contribution in [0.2, 0.25) is 0 Å². The van der Waals surface area contributed by atoms with Crippen molar-refractivity contribution < 1.29 is 14.3 Å². The SMILES string of the molecule is CC(=O)c1cc(C(C)F)ccc1O. The van der Waals surface area contributed by atoms with Gasteiger partial charge in [-0.3, -0.25) is 4.79 Å². The van der Waals surface area contributed by atoms with E-state index in [0.29, 0.717) is 5.56 Å². The highest BCUT2D eigenvalue weighted by Crippen LogP contribution is 2.24. The quantitative estimate of drug-likeness (QED) is 0.714. The number of carbonyl (C=O) groups is 1. The van der Waals surface area contributed by atoms with Gasteiger partial charge in [0.25, 0.3) is 0 Å². The molecule has 0 fully saturated rings. The molecule has 0 aliphatic rings. The van der Waals surface area contributed by atoms with E-state index >= 15 is 0 Å². The van der Waals surface area contributed by atoms with Gasteiger partial charge in [0.1, 0.15) is 11.9 Å². The minimum atomic E-state index is -1.13. The van der Waals surface area contributed by atoms with E-state index < -0.39 is 6.17 Å². The molecule has 3 heteroatoms. The number of phenols is 1. The van der Waals surface area contributed by atoms with Crippen molar-refractivity contribution in [1.29, 1.82) is 0 Å². The lowest BCUT2D eigenvalue weighted by atomic mass is 10.0. The number of carbonyl (C=O) groups excluding carboxylic acids is 1. The number of phenolic OH excluding ortho intramolecular Hbond substituents is 1. The number of aromatic hydroxyl groups is 1. The molecule has 1 aromatic rings. The second-order valence-electron chi connectivity index (χ2n) is 2.95. The van der Waals surface area contributed by atoms with Crippen LogP contribution >= 0.6 is 0 Å². The van der Waals surface area contributed by atoms with Crippen molar-refractivity contribution in [2.75, 3.05) is 0 Å². The first-order valence-corrected chi connectivity index (χ1v) is 4.00. The highest BCUT2D eigenvalue weighted by atomic mass is 19.1. The monoisotopic (exact) mass is 182 g/mol. The first-order valence-electron chi connectivity index (χ1n) is 4.00. The summed E-state index contributed by atoms with van der Waals surface area (Å²) >= 11 is 0. The summed E-state index contributed by atoms with van der Waals surface area (Å²) in [4.78, 5) is 11.0. The predicted octanol–water partition coefficient (Wildman–Crippen LogP) is 2.63. The van der Waals surface area contributed by atoms with Crippen molar-refractivity contribution in [3.8, 4) is 5.75 Å². The van der Waals surface area contributed by atoms with Gasteiger partial charge in [-0.05, 0) is 31.5 Å². The average Bonchev–Trinajstić information content (AvgIpc) is 2.04. The van der Waals surface area contributed by atoms with Crippen molar-refractivity contribution in [3.63, 3.8) is 0 Å². The lowest BCUT2D eigenvalue weighted by Crippen LogP contribution is -1.95. The van der Waals surface area contributed by atoms with Crippen molar-refractivity contribution >= 4 is 5.78 Å². The third-order valence-corrected chi connectivity index (χ3v) is 1.86. The fourth-order valence-electron chi connectivity index (χ4n) is 1.08. The molecule has 1 aromatic carbocycles. The normalized spacial score (nSPS) is 12.5. The van der Waals surface area contributed by atoms with Crippen LogP contribution in [-0.2, 0) is 0 Å². The van der Waals surface area contributed by atoms with Gasteiger partial charge in [0.05, 0.1) is 5.56 Å². The fraction of sp³-hybridized carbons (Fsp3) is 0.300. The molecule has 1 rings (SSSR count). The highest BCUT2D eigenvalue weighted by Gasteiger charge is 2.10. The number of ketones is 1. The Balaban J connectivity index is 3.19. The molecule has 0 bridgehead atoms. The number of Topliss-reactive ketones (excluding diaryl/α,β-unsaturated/α-hetero) is 1. The minimum Gasteiger partial charge on any atom is -0.507 e. The molecule has 0 aromatic heterocycles. The molecule has 0 amide bonds. The second kappa shape index (κ2) is 3.56. The number of hydrogen-bond acceptors (Lipinski definition) is 2. The number of halogens is 1. The van der Waals surface area contributed by atoms with Crippen molar-refractivity contribution in [2.45, 2.75) is 20.0 Å². The lowest BCUT2D eigenvalue weighted by molar-refractivity contribution is 0.101. The van der Waals surface area contributed by atoms with Crippen molar-refractivity contribution in [1.82, 2.24) is 0 Å². The van der Waals surface area contributed by atoms with Crippen LogP contribution in [0.1, 0.15) is 35.9 Å². The molecule has 0 spiro atoms. The third kappa shape index (κ3) is 2.05. The van der Waals surface area contributed by atoms with Gasteiger partial charge in [-0.25, -0.2) is 4.39 Å². The highest BCUT2D eigenvalue weighted by molar-refractivity contribution is 5.96. The maximum atomic E-state index is 12.8. The Labute approximate surface area is 76.0 Å². The van der Waals surface area contributed by atoms with Gasteiger partial charge in [0.15, 0.2) is 5.78 Å². The van der Waals surface area contributed by atoms with Gasteiger partial charge in [-0.1, -0.05) is 6.07 Å². The van der Waals surface area contributed by atoms with E-state index in [-0.39, 0.29) is 17.1 Å². The van der Waals surface area contributed by atoms with E-state index in [0.717, 1.165) is 0 Å². The second-order valence-corrected chi connectivity index (χ2v) is 2.95. The summed E-state index contributed by atoms with van der Waals surface area (Å²) in [5.41, 5.74) is 0.574. The molecule has 13 heavy (non-hydrogen) atoms. The Morgan fingerprint density at radius 1 is 1.54 bits per heavy atom. The van der Waals surface area contributed by atoms with E-state index in [2.05, 4.69) is 0 Å². The summed E-state index contributed by atoms with van der Waals surface area (Å²) in [6, 6.07) is 4.18. The Morgan fingerprint density at radius 3 is 2.62 bits per heavy atom. The zero-order chi connectivity index (χ0) is 10.0. The summed E-state index contributed by atoms with van der Waals surface area (Å²) in [6.45, 7) is 2.72. The van der Waals surface area contributed by atoms with Crippen LogP contribution in [0.3, 0.4) is 0 Å². The van der Waals surface area contributed by atoms with Gasteiger partial charge in [-0.2, -0.15) is 0 Å². The van der Waals surface area contributed by atoms with Crippen LogP contribution in [0, 0.1) is 0 Å². The number of benzene rings is 1. The van der Waals surface area contributed by atoms with E-state index in [4.69, 9.17) is 0 Å². The molecule has 1 atom stereocenters. The fourth-order valence-corrected chi connectivity index (χ4v) is 1.08. The molecule has 0 aliphatic heterocycles. The summed E-state index contributed by atoms with van der Waals surface area (Å²) < 4.78 is 12.8. The topological polar surface area (TPSA) is 37.3 Å². The standard InChI is InChI=1S/C10H11FO2/c1-6(11)8-3-4-10(13)9(5-8)7(2)12/h3-6,13H,1-2H3. The van der Waals surface area contributed by atoms with Gasteiger partial charge < -0.3 is 5.11 Å². The predicted molar refractivity (Wildman–Crippen MR) is 47.6 cm³/mol. The van der Waals surface area contributed by atoms with E-state index in [9.17, 15) is 14.3 Å². The molecule has 1 N–H and O–H groups in total. The van der Waals surface area contributed by atoms with E-state index in [1.165, 1.54) is 32.0 Å². The van der Waals surface area contributed by atoms with Crippen LogP contribution in [0.15, 0.2) is 18.2 Å². The summed E-state index contributed by atoms with van der Waals surface area (Å²) in [5, 5.41) is 9.24. The summed E-state index contributed by atoms with van der Waals surface area (Å²) in [5.74, 6) is -0.364. The van der Waals surface area contributed by atoms with Gasteiger partial charge in [0.2, 0.25) is 0 Å². The van der Waals surface area contributed by atoms with E-state index in [1.807, 2.05) is 0 Å². The Morgan fingerprint density at radius 2 is 2.15 bits per heavy atom. The van der Waals surface area contributed by atoms with Crippen LogP contribution in [0.25, 0.3) is 0 Å². The third-order valence-electron chi connectivity index (χ3n) is 1.86. The zero-order valence-corrected chi connectivity index (χ0v) is 7.54. The van der Waals surface area contributed by atoms with Gasteiger partial charge >= 0.3 is 0 Å².